The van der Waals surface area contributed by atoms with Gasteiger partial charge in [-0.3, -0.25) is 0 Å². The maximum Gasteiger partial charge on any atom is 0.468 e. The molecule has 1 fully saturated rings. The summed E-state index contributed by atoms with van der Waals surface area (Å²) < 4.78 is 0. The summed E-state index contributed by atoms with van der Waals surface area (Å²) in [6.07, 6.45) is -0.242. The van der Waals surface area contributed by atoms with Gasteiger partial charge in [0.25, 0.3) is 0 Å². The van der Waals surface area contributed by atoms with Crippen molar-refractivity contribution in [1.82, 2.24) is 5.06 Å². The quantitative estimate of drug-likeness (QED) is 0.597. The first kappa shape index (κ1) is 6.22. The van der Waals surface area contributed by atoms with Gasteiger partial charge in [-0.25, -0.2) is 4.79 Å². The summed E-state index contributed by atoms with van der Waals surface area (Å²) in [5.74, 6) is 0. The Hall–Kier alpha value is -1.51. The number of rotatable bonds is 2. The molecule has 0 spiro atoms. The number of hydrogen-bond acceptors (Lipinski definition) is 2. The van der Waals surface area contributed by atoms with E-state index >= 15 is 0 Å². The van der Waals surface area contributed by atoms with Gasteiger partial charge >= 0.3 is 6.09 Å². The van der Waals surface area contributed by atoms with E-state index in [-0.39, 0.29) is 6.09 Å². The minimum atomic E-state index is -0.242. The molecule has 2 rings (SSSR count). The molecule has 0 bridgehead atoms. The van der Waals surface area contributed by atoms with Crippen LogP contribution < -0.4 is 0 Å². The van der Waals surface area contributed by atoms with E-state index in [9.17, 15) is 4.79 Å². The molecule has 0 unspecified atom stereocenters. The Morgan fingerprint density at radius 2 is 1.91 bits per heavy atom. The Labute approximate surface area is 64.1 Å². The fraction of sp³-hybridized carbons (Fsp3) is 0.125. The number of hydroxylamine groups is 2. The van der Waals surface area contributed by atoms with Crippen LogP contribution in [0, 0.1) is 0 Å². The zero-order valence-corrected chi connectivity index (χ0v) is 5.86. The third-order valence-corrected chi connectivity index (χ3v) is 1.53. The molecule has 1 aliphatic rings. The van der Waals surface area contributed by atoms with E-state index in [0.717, 1.165) is 5.56 Å². The molecule has 0 saturated carbocycles. The van der Waals surface area contributed by atoms with Gasteiger partial charge in [0.05, 0.1) is 6.54 Å². The molecule has 1 aromatic carbocycles. The number of nitrogens with zero attached hydrogens (tertiary/aromatic N) is 1. The normalized spacial score (nSPS) is 14.5. The standard InChI is InChI=1S/C8H7NO2/c10-8-9(11-8)6-7-4-2-1-3-5-7/h1-5H,6H2. The van der Waals surface area contributed by atoms with Gasteiger partial charge in [-0.15, -0.1) is 5.06 Å². The number of hydrogen-bond donors (Lipinski definition) is 0. The molecule has 0 aliphatic carbocycles. The second-order valence-corrected chi connectivity index (χ2v) is 2.38. The van der Waals surface area contributed by atoms with Gasteiger partial charge in [0, 0.05) is 0 Å². The predicted octanol–water partition coefficient (Wildman–Crippen LogP) is 1.55. The zero-order valence-electron chi connectivity index (χ0n) is 5.86. The van der Waals surface area contributed by atoms with E-state index < -0.39 is 0 Å². The SMILES string of the molecule is O=C1ON1Cc1ccccc1. The van der Waals surface area contributed by atoms with Crippen LogP contribution in [0.1, 0.15) is 5.56 Å². The van der Waals surface area contributed by atoms with Crippen LogP contribution in [0.4, 0.5) is 4.79 Å². The molecule has 1 aliphatic heterocycles. The summed E-state index contributed by atoms with van der Waals surface area (Å²) in [4.78, 5) is 14.9. The Balaban J connectivity index is 2.02. The number of benzene rings is 1. The second-order valence-electron chi connectivity index (χ2n) is 2.38. The van der Waals surface area contributed by atoms with Crippen molar-refractivity contribution in [1.29, 1.82) is 0 Å². The number of amides is 1. The van der Waals surface area contributed by atoms with Gasteiger partial charge in [-0.1, -0.05) is 30.3 Å². The molecule has 0 atom stereocenters. The van der Waals surface area contributed by atoms with Crippen LogP contribution in [-0.2, 0) is 11.4 Å². The van der Waals surface area contributed by atoms with Crippen LogP contribution >= 0.6 is 0 Å². The van der Waals surface area contributed by atoms with Crippen molar-refractivity contribution in [2.24, 2.45) is 0 Å². The Morgan fingerprint density at radius 1 is 1.27 bits per heavy atom. The Kier molecular flexibility index (Phi) is 1.28. The molecule has 56 valence electrons. The molecule has 0 aromatic heterocycles. The molecular formula is C8H7NO2. The van der Waals surface area contributed by atoms with Crippen LogP contribution in [0.25, 0.3) is 0 Å². The first-order chi connectivity index (χ1) is 5.36. The van der Waals surface area contributed by atoms with Crippen molar-refractivity contribution in [2.75, 3.05) is 0 Å². The monoisotopic (exact) mass is 149 g/mol. The van der Waals surface area contributed by atoms with Gasteiger partial charge in [0.1, 0.15) is 0 Å². The largest absolute Gasteiger partial charge is 0.468 e. The van der Waals surface area contributed by atoms with Gasteiger partial charge in [0.15, 0.2) is 0 Å². The maximum absolute atomic E-state index is 10.4. The molecular weight excluding hydrogens is 142 g/mol. The van der Waals surface area contributed by atoms with E-state index in [0.29, 0.717) is 6.54 Å². The summed E-state index contributed by atoms with van der Waals surface area (Å²) >= 11 is 0. The lowest BCUT2D eigenvalue weighted by atomic mass is 10.2. The summed E-state index contributed by atoms with van der Waals surface area (Å²) in [6.45, 7) is 0.555. The van der Waals surface area contributed by atoms with Crippen molar-refractivity contribution in [3.05, 3.63) is 35.9 Å². The second kappa shape index (κ2) is 2.27. The zero-order chi connectivity index (χ0) is 7.68. The summed E-state index contributed by atoms with van der Waals surface area (Å²) in [5, 5.41) is 1.31. The highest BCUT2D eigenvalue weighted by molar-refractivity contribution is 5.76. The third kappa shape index (κ3) is 1.32. The maximum atomic E-state index is 10.4. The minimum absolute atomic E-state index is 0.242. The molecule has 0 radical (unpaired) electrons. The molecule has 1 amide bonds. The first-order valence-corrected chi connectivity index (χ1v) is 3.39. The summed E-state index contributed by atoms with van der Waals surface area (Å²) in [7, 11) is 0. The smallest absolute Gasteiger partial charge is 0.313 e. The van der Waals surface area contributed by atoms with Crippen molar-refractivity contribution in [2.45, 2.75) is 6.54 Å². The third-order valence-electron chi connectivity index (χ3n) is 1.53. The average molecular weight is 149 g/mol. The van der Waals surface area contributed by atoms with Crippen LogP contribution in [-0.4, -0.2) is 11.2 Å². The Morgan fingerprint density at radius 3 is 2.45 bits per heavy atom. The van der Waals surface area contributed by atoms with Crippen molar-refractivity contribution >= 4 is 6.09 Å². The van der Waals surface area contributed by atoms with E-state index in [2.05, 4.69) is 4.84 Å². The molecule has 1 heterocycles. The highest BCUT2D eigenvalue weighted by Crippen LogP contribution is 2.16. The number of carbonyl (C=O) groups is 1. The lowest BCUT2D eigenvalue weighted by Gasteiger charge is -1.94. The molecule has 3 nitrogen and oxygen atoms in total. The van der Waals surface area contributed by atoms with Crippen molar-refractivity contribution in [3.63, 3.8) is 0 Å². The van der Waals surface area contributed by atoms with Gasteiger partial charge < -0.3 is 4.84 Å². The van der Waals surface area contributed by atoms with Crippen LogP contribution in [0.5, 0.6) is 0 Å². The molecule has 1 saturated heterocycles. The minimum Gasteiger partial charge on any atom is -0.313 e. The molecule has 11 heavy (non-hydrogen) atoms. The lowest BCUT2D eigenvalue weighted by Crippen LogP contribution is -1.96. The van der Waals surface area contributed by atoms with E-state index in [4.69, 9.17) is 0 Å². The van der Waals surface area contributed by atoms with E-state index in [1.165, 1.54) is 5.06 Å². The van der Waals surface area contributed by atoms with E-state index in [1.54, 1.807) is 0 Å². The van der Waals surface area contributed by atoms with E-state index in [1.807, 2.05) is 30.3 Å². The van der Waals surface area contributed by atoms with Gasteiger partial charge in [0.2, 0.25) is 0 Å². The topological polar surface area (TPSA) is 32.6 Å². The van der Waals surface area contributed by atoms with Gasteiger partial charge in [-0.2, -0.15) is 0 Å². The molecule has 0 N–H and O–H groups in total. The molecule has 1 aromatic rings. The van der Waals surface area contributed by atoms with Gasteiger partial charge in [-0.05, 0) is 5.56 Å². The Bertz CT molecular complexity index is 271. The highest BCUT2D eigenvalue weighted by atomic mass is 16.9. The fourth-order valence-electron chi connectivity index (χ4n) is 0.920. The van der Waals surface area contributed by atoms with Crippen molar-refractivity contribution in [3.8, 4) is 0 Å². The average Bonchev–Trinajstić information content (AvgIpc) is 2.69. The predicted molar refractivity (Wildman–Crippen MR) is 38.5 cm³/mol. The van der Waals surface area contributed by atoms with Crippen molar-refractivity contribution < 1.29 is 9.63 Å². The number of carbonyl (C=O) groups excluding carboxylic acids is 1. The lowest BCUT2D eigenvalue weighted by molar-refractivity contribution is 0.193. The molecule has 3 heteroatoms. The van der Waals surface area contributed by atoms with Crippen LogP contribution in [0.3, 0.4) is 0 Å². The fourth-order valence-corrected chi connectivity index (χ4v) is 0.920. The first-order valence-electron chi connectivity index (χ1n) is 3.39. The van der Waals surface area contributed by atoms with Crippen LogP contribution in [0.2, 0.25) is 0 Å². The highest BCUT2D eigenvalue weighted by Gasteiger charge is 2.33. The van der Waals surface area contributed by atoms with Crippen LogP contribution in [0.15, 0.2) is 30.3 Å². The summed E-state index contributed by atoms with van der Waals surface area (Å²) in [5.41, 5.74) is 1.08. The summed E-state index contributed by atoms with van der Waals surface area (Å²) in [6, 6.07) is 9.71.